The Morgan fingerprint density at radius 1 is 1.35 bits per heavy atom. The molecule has 1 unspecified atom stereocenters. The fourth-order valence-electron chi connectivity index (χ4n) is 1.99. The lowest BCUT2D eigenvalue weighted by atomic mass is 10.1. The molecular weight excluding hydrogens is 279 g/mol. The number of alkyl halides is 3. The van der Waals surface area contributed by atoms with Gasteiger partial charge < -0.3 is 4.90 Å². The van der Waals surface area contributed by atoms with Gasteiger partial charge in [-0.15, -0.1) is 0 Å². The molecule has 1 N–H and O–H groups in total. The third-order valence-electron chi connectivity index (χ3n) is 2.85. The molecule has 0 bridgehead atoms. The fraction of sp³-hybridized carbons (Fsp3) is 0.364. The molecular formula is C11H10F3N3O3. The van der Waals surface area contributed by atoms with E-state index in [2.05, 4.69) is 5.32 Å². The zero-order valence-corrected chi connectivity index (χ0v) is 10.1. The molecule has 2 rings (SSSR count). The predicted octanol–water partition coefficient (Wildman–Crippen LogP) is 1.59. The van der Waals surface area contributed by atoms with Crippen molar-refractivity contribution in [3.05, 3.63) is 39.9 Å². The molecule has 0 aliphatic carbocycles. The highest BCUT2D eigenvalue weighted by molar-refractivity contribution is 5.81. The Bertz CT molecular complexity index is 530. The second-order valence-electron chi connectivity index (χ2n) is 4.27. The number of nitrogens with one attached hydrogen (secondary N) is 1. The first kappa shape index (κ1) is 14.3. The van der Waals surface area contributed by atoms with E-state index >= 15 is 0 Å². The molecule has 1 aromatic carbocycles. The Morgan fingerprint density at radius 2 is 1.95 bits per heavy atom. The molecule has 20 heavy (non-hydrogen) atoms. The van der Waals surface area contributed by atoms with Crippen LogP contribution in [0.15, 0.2) is 24.3 Å². The largest absolute Gasteiger partial charge is 0.406 e. The normalized spacial score (nSPS) is 19.4. The number of non-ortho nitro benzene ring substituents is 1. The second-order valence-corrected chi connectivity index (χ2v) is 4.27. The third-order valence-corrected chi connectivity index (χ3v) is 2.85. The lowest BCUT2D eigenvalue weighted by Gasteiger charge is -2.25. The monoisotopic (exact) mass is 289 g/mol. The van der Waals surface area contributed by atoms with Crippen LogP contribution in [0.2, 0.25) is 0 Å². The van der Waals surface area contributed by atoms with Gasteiger partial charge in [0.05, 0.1) is 11.5 Å². The molecule has 1 atom stereocenters. The van der Waals surface area contributed by atoms with E-state index in [-0.39, 0.29) is 12.2 Å². The molecule has 108 valence electrons. The molecule has 1 fully saturated rings. The summed E-state index contributed by atoms with van der Waals surface area (Å²) in [7, 11) is 0. The number of hydrogen-bond acceptors (Lipinski definition) is 4. The minimum atomic E-state index is -4.50. The van der Waals surface area contributed by atoms with Crippen molar-refractivity contribution < 1.29 is 22.9 Å². The molecule has 0 spiro atoms. The first-order valence-corrected chi connectivity index (χ1v) is 5.62. The van der Waals surface area contributed by atoms with E-state index in [1.807, 2.05) is 0 Å². The number of nitro groups is 1. The molecule has 1 heterocycles. The molecule has 1 saturated heterocycles. The van der Waals surface area contributed by atoms with Gasteiger partial charge in [0.2, 0.25) is 5.91 Å². The van der Waals surface area contributed by atoms with E-state index in [1.54, 1.807) is 0 Å². The van der Waals surface area contributed by atoms with E-state index in [4.69, 9.17) is 0 Å². The highest BCUT2D eigenvalue weighted by Gasteiger charge is 2.40. The van der Waals surface area contributed by atoms with Crippen molar-refractivity contribution in [3.63, 3.8) is 0 Å². The van der Waals surface area contributed by atoms with Crippen LogP contribution in [0.25, 0.3) is 0 Å². The molecule has 1 amide bonds. The number of nitro benzene ring substituents is 1. The van der Waals surface area contributed by atoms with Crippen LogP contribution in [0.1, 0.15) is 11.7 Å². The molecule has 1 aromatic rings. The summed E-state index contributed by atoms with van der Waals surface area (Å²) >= 11 is 0. The van der Waals surface area contributed by atoms with Gasteiger partial charge in [-0.1, -0.05) is 0 Å². The molecule has 6 nitrogen and oxygen atoms in total. The number of halogens is 3. The van der Waals surface area contributed by atoms with Crippen LogP contribution >= 0.6 is 0 Å². The summed E-state index contributed by atoms with van der Waals surface area (Å²) < 4.78 is 37.3. The minimum absolute atomic E-state index is 0.166. The Labute approximate surface area is 111 Å². The van der Waals surface area contributed by atoms with Crippen molar-refractivity contribution in [3.8, 4) is 0 Å². The van der Waals surface area contributed by atoms with Crippen molar-refractivity contribution in [1.82, 2.24) is 10.2 Å². The average Bonchev–Trinajstić information content (AvgIpc) is 2.69. The zero-order chi connectivity index (χ0) is 14.9. The van der Waals surface area contributed by atoms with E-state index in [0.717, 1.165) is 0 Å². The van der Waals surface area contributed by atoms with Crippen LogP contribution in [0.3, 0.4) is 0 Å². The average molecular weight is 289 g/mol. The number of benzene rings is 1. The first-order valence-electron chi connectivity index (χ1n) is 5.62. The van der Waals surface area contributed by atoms with Crippen molar-refractivity contribution in [2.45, 2.75) is 12.3 Å². The van der Waals surface area contributed by atoms with Crippen LogP contribution < -0.4 is 5.32 Å². The number of nitrogens with zero attached hydrogens (tertiary/aromatic N) is 2. The number of carbonyl (C=O) groups is 1. The standard InChI is InChI=1S/C11H10F3N3O3/c12-11(13,14)6-16-9(18)5-15-10(16)7-1-3-8(4-2-7)17(19)20/h1-4,10,15H,5-6H2. The van der Waals surface area contributed by atoms with Gasteiger partial charge in [-0.2, -0.15) is 13.2 Å². The Balaban J connectivity index is 2.22. The van der Waals surface area contributed by atoms with Gasteiger partial charge in [0.25, 0.3) is 5.69 Å². The molecule has 1 aliphatic heterocycles. The van der Waals surface area contributed by atoms with Gasteiger partial charge in [0, 0.05) is 12.1 Å². The third kappa shape index (κ3) is 3.05. The highest BCUT2D eigenvalue weighted by Crippen LogP contribution is 2.28. The van der Waals surface area contributed by atoms with Gasteiger partial charge in [-0.05, 0) is 17.7 Å². The summed E-state index contributed by atoms with van der Waals surface area (Å²) in [6.07, 6.45) is -5.43. The summed E-state index contributed by atoms with van der Waals surface area (Å²) in [5.41, 5.74) is 0.200. The topological polar surface area (TPSA) is 75.5 Å². The van der Waals surface area contributed by atoms with E-state index in [9.17, 15) is 28.1 Å². The second kappa shape index (κ2) is 5.08. The summed E-state index contributed by atoms with van der Waals surface area (Å²) in [5, 5.41) is 13.2. The lowest BCUT2D eigenvalue weighted by molar-refractivity contribution is -0.384. The number of rotatable bonds is 3. The Hall–Kier alpha value is -2.16. The molecule has 1 aliphatic rings. The minimum Gasteiger partial charge on any atom is -0.313 e. The molecule has 0 radical (unpaired) electrons. The van der Waals surface area contributed by atoms with Gasteiger partial charge >= 0.3 is 6.18 Å². The summed E-state index contributed by atoms with van der Waals surface area (Å²) in [6.45, 7) is -1.56. The zero-order valence-electron chi connectivity index (χ0n) is 10.1. The summed E-state index contributed by atoms with van der Waals surface area (Å²) in [5.74, 6) is -0.661. The SMILES string of the molecule is O=C1CNC(c2ccc([N+](=O)[O-])cc2)N1CC(F)(F)F. The maximum absolute atomic E-state index is 12.4. The van der Waals surface area contributed by atoms with Gasteiger partial charge in [-0.25, -0.2) is 0 Å². The Morgan fingerprint density at radius 3 is 2.45 bits per heavy atom. The molecule has 0 aromatic heterocycles. The van der Waals surface area contributed by atoms with Crippen LogP contribution in [-0.2, 0) is 4.79 Å². The maximum Gasteiger partial charge on any atom is 0.406 e. The van der Waals surface area contributed by atoms with Crippen molar-refractivity contribution >= 4 is 11.6 Å². The summed E-state index contributed by atoms with van der Waals surface area (Å²) in [6, 6.07) is 5.03. The molecule has 9 heteroatoms. The first-order chi connectivity index (χ1) is 9.28. The van der Waals surface area contributed by atoms with Crippen LogP contribution in [0.4, 0.5) is 18.9 Å². The quantitative estimate of drug-likeness (QED) is 0.677. The van der Waals surface area contributed by atoms with Crippen molar-refractivity contribution in [2.24, 2.45) is 0 Å². The maximum atomic E-state index is 12.4. The van der Waals surface area contributed by atoms with E-state index in [0.29, 0.717) is 10.5 Å². The number of hydrogen-bond donors (Lipinski definition) is 1. The van der Waals surface area contributed by atoms with Crippen LogP contribution in [0.5, 0.6) is 0 Å². The lowest BCUT2D eigenvalue weighted by Crippen LogP contribution is -2.38. The predicted molar refractivity (Wildman–Crippen MR) is 61.6 cm³/mol. The van der Waals surface area contributed by atoms with Crippen molar-refractivity contribution in [1.29, 1.82) is 0 Å². The van der Waals surface area contributed by atoms with E-state index in [1.165, 1.54) is 24.3 Å². The van der Waals surface area contributed by atoms with Gasteiger partial charge in [-0.3, -0.25) is 20.2 Å². The van der Waals surface area contributed by atoms with Crippen LogP contribution in [-0.4, -0.2) is 35.0 Å². The highest BCUT2D eigenvalue weighted by atomic mass is 19.4. The van der Waals surface area contributed by atoms with Gasteiger partial charge in [0.15, 0.2) is 0 Å². The van der Waals surface area contributed by atoms with Crippen LogP contribution in [0, 0.1) is 10.1 Å². The smallest absolute Gasteiger partial charge is 0.313 e. The van der Waals surface area contributed by atoms with E-state index < -0.39 is 29.7 Å². The Kier molecular flexibility index (Phi) is 3.62. The van der Waals surface area contributed by atoms with Gasteiger partial charge in [0.1, 0.15) is 12.7 Å². The molecule has 0 saturated carbocycles. The van der Waals surface area contributed by atoms with Crippen molar-refractivity contribution in [2.75, 3.05) is 13.1 Å². The number of carbonyl (C=O) groups excluding carboxylic acids is 1. The fourth-order valence-corrected chi connectivity index (χ4v) is 1.99. The number of amides is 1. The summed E-state index contributed by atoms with van der Waals surface area (Å²) in [4.78, 5) is 22.0.